The van der Waals surface area contributed by atoms with Crippen LogP contribution in [-0.2, 0) is 10.0 Å². The maximum absolute atomic E-state index is 11.8. The molecule has 0 bridgehead atoms. The third kappa shape index (κ3) is 2.81. The van der Waals surface area contributed by atoms with Gasteiger partial charge in [-0.05, 0) is 26.8 Å². The van der Waals surface area contributed by atoms with Gasteiger partial charge in [0, 0.05) is 10.9 Å². The fourth-order valence-electron chi connectivity index (χ4n) is 1.23. The molecule has 0 fully saturated rings. The lowest BCUT2D eigenvalue weighted by Crippen LogP contribution is -2.30. The van der Waals surface area contributed by atoms with Crippen LogP contribution in [0.2, 0.25) is 0 Å². The van der Waals surface area contributed by atoms with E-state index < -0.39 is 15.9 Å². The van der Waals surface area contributed by atoms with E-state index in [9.17, 15) is 13.2 Å². The average Bonchev–Trinajstić information content (AvgIpc) is 2.45. The predicted molar refractivity (Wildman–Crippen MR) is 63.0 cm³/mol. The number of hydrogen-bond acceptors (Lipinski definition) is 4. The number of nitrogens with two attached hydrogens (primary N) is 1. The number of carbonyl (C=O) groups is 1. The molecule has 0 aliphatic rings. The monoisotopic (exact) mass is 262 g/mol. The van der Waals surface area contributed by atoms with Gasteiger partial charge in [0.25, 0.3) is 5.91 Å². The second kappa shape index (κ2) is 4.52. The Hall–Kier alpha value is -0.920. The van der Waals surface area contributed by atoms with Crippen LogP contribution < -0.4 is 10.5 Å². The lowest BCUT2D eigenvalue weighted by atomic mass is 10.4. The van der Waals surface area contributed by atoms with E-state index in [1.165, 1.54) is 6.07 Å². The zero-order chi connectivity index (χ0) is 12.5. The van der Waals surface area contributed by atoms with Crippen molar-refractivity contribution in [1.82, 2.24) is 4.72 Å². The number of nitrogens with one attached hydrogen (secondary N) is 1. The van der Waals surface area contributed by atoms with Gasteiger partial charge < -0.3 is 5.73 Å². The number of thiophene rings is 1. The van der Waals surface area contributed by atoms with Gasteiger partial charge in [-0.1, -0.05) is 0 Å². The third-order valence-electron chi connectivity index (χ3n) is 1.80. The van der Waals surface area contributed by atoms with E-state index in [0.29, 0.717) is 4.88 Å². The Kier molecular flexibility index (Phi) is 3.72. The van der Waals surface area contributed by atoms with Gasteiger partial charge in [0.1, 0.15) is 0 Å². The van der Waals surface area contributed by atoms with Crippen LogP contribution in [0.25, 0.3) is 0 Å². The first-order chi connectivity index (χ1) is 7.24. The summed E-state index contributed by atoms with van der Waals surface area (Å²) in [6.07, 6.45) is 0. The van der Waals surface area contributed by atoms with Gasteiger partial charge in [-0.3, -0.25) is 4.79 Å². The number of aryl methyl sites for hydroxylation is 1. The first-order valence-electron chi connectivity index (χ1n) is 4.66. The van der Waals surface area contributed by atoms with Crippen molar-refractivity contribution >= 4 is 27.3 Å². The molecule has 0 aromatic carbocycles. The van der Waals surface area contributed by atoms with Crippen LogP contribution in [0.3, 0.4) is 0 Å². The van der Waals surface area contributed by atoms with E-state index >= 15 is 0 Å². The van der Waals surface area contributed by atoms with E-state index in [1.807, 2.05) is 0 Å². The maximum atomic E-state index is 11.8. The minimum Gasteiger partial charge on any atom is -0.365 e. The molecule has 7 heteroatoms. The Morgan fingerprint density at radius 3 is 2.44 bits per heavy atom. The molecular weight excluding hydrogens is 248 g/mol. The number of rotatable bonds is 4. The van der Waals surface area contributed by atoms with E-state index in [4.69, 9.17) is 5.73 Å². The molecule has 1 rings (SSSR count). The van der Waals surface area contributed by atoms with Crippen molar-refractivity contribution in [3.63, 3.8) is 0 Å². The normalized spacial score (nSPS) is 12.0. The van der Waals surface area contributed by atoms with E-state index in [0.717, 1.165) is 11.3 Å². The highest BCUT2D eigenvalue weighted by Gasteiger charge is 2.21. The molecule has 5 nitrogen and oxygen atoms in total. The number of amides is 1. The molecule has 90 valence electrons. The molecule has 1 aromatic heterocycles. The molecule has 0 aliphatic carbocycles. The van der Waals surface area contributed by atoms with E-state index in [-0.39, 0.29) is 15.8 Å². The Labute approximate surface area is 98.7 Å². The summed E-state index contributed by atoms with van der Waals surface area (Å²) in [5, 5.41) is 0. The molecule has 0 unspecified atom stereocenters. The zero-order valence-electron chi connectivity index (χ0n) is 9.27. The fraction of sp³-hybridized carbons (Fsp3) is 0.444. The molecule has 0 saturated heterocycles. The number of carbonyl (C=O) groups excluding carboxylic acids is 1. The van der Waals surface area contributed by atoms with Gasteiger partial charge in [0.15, 0.2) is 0 Å². The highest BCUT2D eigenvalue weighted by Crippen LogP contribution is 2.25. The van der Waals surface area contributed by atoms with Gasteiger partial charge in [-0.25, -0.2) is 13.1 Å². The lowest BCUT2D eigenvalue weighted by Gasteiger charge is -2.08. The highest BCUT2D eigenvalue weighted by atomic mass is 32.2. The van der Waals surface area contributed by atoms with Crippen LogP contribution in [0.5, 0.6) is 0 Å². The first kappa shape index (κ1) is 13.1. The van der Waals surface area contributed by atoms with Gasteiger partial charge in [-0.2, -0.15) is 0 Å². The van der Waals surface area contributed by atoms with Crippen molar-refractivity contribution in [3.8, 4) is 0 Å². The Morgan fingerprint density at radius 2 is 2.06 bits per heavy atom. The second-order valence-electron chi connectivity index (χ2n) is 3.67. The molecule has 0 radical (unpaired) electrons. The van der Waals surface area contributed by atoms with Crippen LogP contribution >= 0.6 is 11.3 Å². The SMILES string of the molecule is Cc1sc(C(N)=O)cc1S(=O)(=O)NC(C)C. The highest BCUT2D eigenvalue weighted by molar-refractivity contribution is 7.89. The summed E-state index contributed by atoms with van der Waals surface area (Å²) < 4.78 is 26.1. The summed E-state index contributed by atoms with van der Waals surface area (Å²) >= 11 is 1.08. The molecule has 1 amide bonds. The summed E-state index contributed by atoms with van der Waals surface area (Å²) in [6.45, 7) is 5.11. The molecular formula is C9H14N2O3S2. The standard InChI is InChI=1S/C9H14N2O3S2/c1-5(2)11-16(13,14)8-4-7(9(10)12)15-6(8)3/h4-5,11H,1-3H3,(H2,10,12). The summed E-state index contributed by atoms with van der Waals surface area (Å²) in [4.78, 5) is 11.9. The quantitative estimate of drug-likeness (QED) is 0.842. The van der Waals surface area contributed by atoms with Crippen LogP contribution in [0, 0.1) is 6.92 Å². The van der Waals surface area contributed by atoms with Crippen molar-refractivity contribution in [2.45, 2.75) is 31.7 Å². The molecule has 1 aromatic rings. The maximum Gasteiger partial charge on any atom is 0.258 e. The Bertz CT molecular complexity index is 503. The van der Waals surface area contributed by atoms with E-state index in [2.05, 4.69) is 4.72 Å². The molecule has 0 saturated carbocycles. The van der Waals surface area contributed by atoms with Gasteiger partial charge in [0.05, 0.1) is 9.77 Å². The van der Waals surface area contributed by atoms with Crippen LogP contribution in [0.1, 0.15) is 28.4 Å². The summed E-state index contributed by atoms with van der Waals surface area (Å²) in [5.74, 6) is -0.612. The van der Waals surface area contributed by atoms with Crippen molar-refractivity contribution in [2.75, 3.05) is 0 Å². The molecule has 0 aliphatic heterocycles. The summed E-state index contributed by atoms with van der Waals surface area (Å²) in [7, 11) is -3.55. The van der Waals surface area contributed by atoms with Gasteiger partial charge >= 0.3 is 0 Å². The topological polar surface area (TPSA) is 89.3 Å². The summed E-state index contributed by atoms with van der Waals surface area (Å²) in [6, 6.07) is 1.12. The van der Waals surface area contributed by atoms with E-state index in [1.54, 1.807) is 20.8 Å². The van der Waals surface area contributed by atoms with Crippen LogP contribution in [-0.4, -0.2) is 20.4 Å². The number of primary amides is 1. The van der Waals surface area contributed by atoms with Crippen molar-refractivity contribution < 1.29 is 13.2 Å². The predicted octanol–water partition coefficient (Wildman–Crippen LogP) is 0.842. The van der Waals surface area contributed by atoms with Crippen molar-refractivity contribution in [1.29, 1.82) is 0 Å². The minimum atomic E-state index is -3.55. The molecule has 0 atom stereocenters. The minimum absolute atomic E-state index is 0.125. The van der Waals surface area contributed by atoms with Gasteiger partial charge in [-0.15, -0.1) is 11.3 Å². The number of sulfonamides is 1. The molecule has 3 N–H and O–H groups in total. The van der Waals surface area contributed by atoms with Crippen LogP contribution in [0.15, 0.2) is 11.0 Å². The second-order valence-corrected chi connectivity index (χ2v) is 6.61. The Balaban J connectivity index is 3.18. The fourth-order valence-corrected chi connectivity index (χ4v) is 3.92. The van der Waals surface area contributed by atoms with Crippen LogP contribution in [0.4, 0.5) is 0 Å². The molecule has 0 spiro atoms. The lowest BCUT2D eigenvalue weighted by molar-refractivity contribution is 0.100. The molecule has 16 heavy (non-hydrogen) atoms. The third-order valence-corrected chi connectivity index (χ3v) is 4.77. The smallest absolute Gasteiger partial charge is 0.258 e. The van der Waals surface area contributed by atoms with Gasteiger partial charge in [0.2, 0.25) is 10.0 Å². The largest absolute Gasteiger partial charge is 0.365 e. The summed E-state index contributed by atoms with van der Waals surface area (Å²) in [5.41, 5.74) is 5.10. The zero-order valence-corrected chi connectivity index (χ0v) is 10.9. The molecule has 1 heterocycles. The number of hydrogen-bond donors (Lipinski definition) is 2. The average molecular weight is 262 g/mol. The Morgan fingerprint density at radius 1 is 1.50 bits per heavy atom. The first-order valence-corrected chi connectivity index (χ1v) is 6.96. The van der Waals surface area contributed by atoms with Crippen molar-refractivity contribution in [3.05, 3.63) is 15.8 Å². The van der Waals surface area contributed by atoms with Crippen molar-refractivity contribution in [2.24, 2.45) is 5.73 Å².